The minimum absolute atomic E-state index is 0.245. The molecule has 1 atom stereocenters. The number of fused-ring (bicyclic) bond motifs is 2. The van der Waals surface area contributed by atoms with Gasteiger partial charge in [0, 0.05) is 9.79 Å². The van der Waals surface area contributed by atoms with Crippen molar-refractivity contribution in [1.82, 2.24) is 0 Å². The first-order valence-electron chi connectivity index (χ1n) is 8.38. The normalized spacial score (nSPS) is 15.8. The van der Waals surface area contributed by atoms with E-state index in [0.717, 1.165) is 41.7 Å². The number of primary amides is 1. The lowest BCUT2D eigenvalue weighted by molar-refractivity contribution is -0.118. The Kier molecular flexibility index (Phi) is 4.76. The maximum Gasteiger partial charge on any atom is 0.229 e. The molecule has 2 aromatic rings. The number of aryl methyl sites for hydroxylation is 1. The van der Waals surface area contributed by atoms with Crippen molar-refractivity contribution < 1.29 is 4.79 Å². The van der Waals surface area contributed by atoms with Crippen molar-refractivity contribution >= 4 is 17.7 Å². The summed E-state index contributed by atoms with van der Waals surface area (Å²) in [6.45, 7) is 4.39. The first-order chi connectivity index (χ1) is 11.2. The van der Waals surface area contributed by atoms with E-state index in [1.54, 1.807) is 11.8 Å². The van der Waals surface area contributed by atoms with Gasteiger partial charge in [0.05, 0.1) is 5.92 Å². The van der Waals surface area contributed by atoms with Crippen LogP contribution in [0.1, 0.15) is 54.9 Å². The van der Waals surface area contributed by atoms with E-state index < -0.39 is 0 Å². The Morgan fingerprint density at radius 3 is 2.48 bits per heavy atom. The van der Waals surface area contributed by atoms with Crippen LogP contribution in [0.2, 0.25) is 0 Å². The zero-order valence-electron chi connectivity index (χ0n) is 13.8. The summed E-state index contributed by atoms with van der Waals surface area (Å²) in [7, 11) is 0. The summed E-state index contributed by atoms with van der Waals surface area (Å²) < 4.78 is 0. The van der Waals surface area contributed by atoms with Crippen LogP contribution in [-0.4, -0.2) is 5.91 Å². The Morgan fingerprint density at radius 2 is 1.78 bits per heavy atom. The Hall–Kier alpha value is -1.74. The average Bonchev–Trinajstić information content (AvgIpc) is 2.55. The van der Waals surface area contributed by atoms with E-state index >= 15 is 0 Å². The summed E-state index contributed by atoms with van der Waals surface area (Å²) in [5, 5.41) is 0. The summed E-state index contributed by atoms with van der Waals surface area (Å²) in [6, 6.07) is 12.6. The summed E-state index contributed by atoms with van der Waals surface area (Å²) in [6.07, 6.45) is 4.25. The first kappa shape index (κ1) is 16.1. The van der Waals surface area contributed by atoms with Crippen LogP contribution in [0.3, 0.4) is 0 Å². The van der Waals surface area contributed by atoms with Gasteiger partial charge < -0.3 is 5.73 Å². The van der Waals surface area contributed by atoms with Gasteiger partial charge in [-0.2, -0.15) is 0 Å². The molecule has 0 fully saturated rings. The average molecular weight is 325 g/mol. The fourth-order valence-electron chi connectivity index (χ4n) is 3.52. The molecule has 0 saturated carbocycles. The SMILES string of the molecule is CCCc1ccc2c(c1CCC)C(C(N)=O)c1ccccc1S2. The number of hydrogen-bond donors (Lipinski definition) is 1. The smallest absolute Gasteiger partial charge is 0.229 e. The molecule has 1 unspecified atom stereocenters. The summed E-state index contributed by atoms with van der Waals surface area (Å²) >= 11 is 1.76. The van der Waals surface area contributed by atoms with Crippen LogP contribution in [-0.2, 0) is 17.6 Å². The molecule has 0 spiro atoms. The fraction of sp³-hybridized carbons (Fsp3) is 0.350. The quantitative estimate of drug-likeness (QED) is 0.868. The number of carbonyl (C=O) groups is 1. The van der Waals surface area contributed by atoms with Gasteiger partial charge in [-0.15, -0.1) is 0 Å². The molecule has 0 radical (unpaired) electrons. The number of amides is 1. The van der Waals surface area contributed by atoms with Crippen LogP contribution in [0, 0.1) is 0 Å². The van der Waals surface area contributed by atoms with E-state index in [2.05, 4.69) is 32.0 Å². The van der Waals surface area contributed by atoms with Crippen molar-refractivity contribution in [3.63, 3.8) is 0 Å². The van der Waals surface area contributed by atoms with Crippen LogP contribution < -0.4 is 5.73 Å². The molecule has 0 saturated heterocycles. The van der Waals surface area contributed by atoms with Gasteiger partial charge in [0.15, 0.2) is 0 Å². The topological polar surface area (TPSA) is 43.1 Å². The minimum atomic E-state index is -0.319. The van der Waals surface area contributed by atoms with Gasteiger partial charge in [-0.05, 0) is 47.2 Å². The molecule has 2 aromatic carbocycles. The number of carbonyl (C=O) groups excluding carboxylic acids is 1. The van der Waals surface area contributed by atoms with Gasteiger partial charge in [0.1, 0.15) is 0 Å². The molecule has 1 heterocycles. The van der Waals surface area contributed by atoms with Crippen LogP contribution in [0.15, 0.2) is 46.2 Å². The van der Waals surface area contributed by atoms with Gasteiger partial charge in [0.25, 0.3) is 0 Å². The number of rotatable bonds is 5. The Balaban J connectivity index is 2.23. The maximum atomic E-state index is 12.3. The molecule has 23 heavy (non-hydrogen) atoms. The molecule has 0 bridgehead atoms. The first-order valence-corrected chi connectivity index (χ1v) is 9.19. The predicted molar refractivity (Wildman–Crippen MR) is 96.0 cm³/mol. The Labute approximate surface area is 142 Å². The third kappa shape index (κ3) is 2.90. The lowest BCUT2D eigenvalue weighted by Gasteiger charge is -2.29. The largest absolute Gasteiger partial charge is 0.369 e. The molecule has 1 aliphatic heterocycles. The van der Waals surface area contributed by atoms with E-state index in [1.807, 2.05) is 18.2 Å². The molecule has 1 aliphatic rings. The third-order valence-electron chi connectivity index (χ3n) is 4.46. The highest BCUT2D eigenvalue weighted by molar-refractivity contribution is 7.99. The lowest BCUT2D eigenvalue weighted by Crippen LogP contribution is -2.26. The second-order valence-electron chi connectivity index (χ2n) is 6.09. The molecule has 3 heteroatoms. The molecule has 0 aliphatic carbocycles. The van der Waals surface area contributed by atoms with E-state index in [0.29, 0.717) is 0 Å². The van der Waals surface area contributed by atoms with Crippen molar-refractivity contribution in [2.45, 2.75) is 55.2 Å². The van der Waals surface area contributed by atoms with Crippen molar-refractivity contribution in [2.75, 3.05) is 0 Å². The highest BCUT2D eigenvalue weighted by atomic mass is 32.2. The van der Waals surface area contributed by atoms with Crippen molar-refractivity contribution in [3.8, 4) is 0 Å². The van der Waals surface area contributed by atoms with Gasteiger partial charge in [-0.25, -0.2) is 0 Å². The fourth-order valence-corrected chi connectivity index (χ4v) is 4.70. The molecular formula is C20H23NOS. The molecule has 3 rings (SSSR count). The van der Waals surface area contributed by atoms with Gasteiger partial charge >= 0.3 is 0 Å². The zero-order valence-corrected chi connectivity index (χ0v) is 14.6. The molecule has 2 nitrogen and oxygen atoms in total. The highest BCUT2D eigenvalue weighted by Crippen LogP contribution is 2.48. The summed E-state index contributed by atoms with van der Waals surface area (Å²) in [4.78, 5) is 14.7. The molecule has 120 valence electrons. The van der Waals surface area contributed by atoms with Gasteiger partial charge in [-0.3, -0.25) is 4.79 Å². The molecule has 0 aromatic heterocycles. The third-order valence-corrected chi connectivity index (χ3v) is 5.62. The van der Waals surface area contributed by atoms with E-state index in [1.165, 1.54) is 16.0 Å². The zero-order chi connectivity index (χ0) is 16.4. The molecule has 2 N–H and O–H groups in total. The van der Waals surface area contributed by atoms with Crippen LogP contribution in [0.4, 0.5) is 0 Å². The van der Waals surface area contributed by atoms with Crippen molar-refractivity contribution in [1.29, 1.82) is 0 Å². The maximum absolute atomic E-state index is 12.3. The monoisotopic (exact) mass is 325 g/mol. The van der Waals surface area contributed by atoms with E-state index in [4.69, 9.17) is 5.73 Å². The van der Waals surface area contributed by atoms with Crippen LogP contribution in [0.5, 0.6) is 0 Å². The van der Waals surface area contributed by atoms with E-state index in [9.17, 15) is 4.79 Å². The van der Waals surface area contributed by atoms with Crippen LogP contribution >= 0.6 is 11.8 Å². The standard InChI is InChI=1S/C20H23NOS/c1-3-7-13-11-12-17-18(14(13)8-4-2)19(20(21)22)15-9-5-6-10-16(15)23-17/h5-6,9-12,19H,3-4,7-8H2,1-2H3,(H2,21,22). The number of benzene rings is 2. The summed E-state index contributed by atoms with van der Waals surface area (Å²) in [5.41, 5.74) is 10.8. The van der Waals surface area contributed by atoms with Crippen molar-refractivity contribution in [2.24, 2.45) is 5.73 Å². The van der Waals surface area contributed by atoms with Gasteiger partial charge in [0.2, 0.25) is 5.91 Å². The lowest BCUT2D eigenvalue weighted by atomic mass is 9.83. The molecular weight excluding hydrogens is 302 g/mol. The Bertz CT molecular complexity index is 738. The predicted octanol–water partition coefficient (Wildman–Crippen LogP) is 4.67. The summed E-state index contributed by atoms with van der Waals surface area (Å²) in [5.74, 6) is -0.564. The second-order valence-corrected chi connectivity index (χ2v) is 7.17. The highest BCUT2D eigenvalue weighted by Gasteiger charge is 2.32. The second kappa shape index (κ2) is 6.79. The van der Waals surface area contributed by atoms with Gasteiger partial charge in [-0.1, -0.05) is 62.7 Å². The molecule has 1 amide bonds. The van der Waals surface area contributed by atoms with Crippen molar-refractivity contribution in [3.05, 3.63) is 58.7 Å². The van der Waals surface area contributed by atoms with Crippen LogP contribution in [0.25, 0.3) is 0 Å². The minimum Gasteiger partial charge on any atom is -0.369 e. The number of nitrogens with two attached hydrogens (primary N) is 1. The van der Waals surface area contributed by atoms with E-state index in [-0.39, 0.29) is 11.8 Å². The Morgan fingerprint density at radius 1 is 1.04 bits per heavy atom. The number of hydrogen-bond acceptors (Lipinski definition) is 2.